The van der Waals surface area contributed by atoms with Crippen molar-refractivity contribution in [2.45, 2.75) is 45.1 Å². The molecule has 0 aromatic heterocycles. The summed E-state index contributed by atoms with van der Waals surface area (Å²) < 4.78 is 31.3. The maximum atomic E-state index is 12.1. The lowest BCUT2D eigenvalue weighted by Crippen LogP contribution is -2.41. The summed E-state index contributed by atoms with van der Waals surface area (Å²) >= 11 is 8.89. The molecule has 1 aliphatic rings. The Labute approximate surface area is 258 Å². The standard InChI is InChI=1S/C23H23I4NO7/c1-23(2,3)35-22(30)28-20(33-11-29)8-15-16(24)4-12(5-17(15)25)34-13-6-18(26)21(19(27)7-13)32-10-14-9-31-14/h4-7,11,14,20H,8-10H2,1-3H3,(H,28,30). The van der Waals surface area contributed by atoms with Crippen molar-refractivity contribution in [1.82, 2.24) is 5.32 Å². The lowest BCUT2D eigenvalue weighted by Gasteiger charge is -2.23. The van der Waals surface area contributed by atoms with Crippen LogP contribution in [0.1, 0.15) is 26.3 Å². The molecular weight excluding hydrogens is 910 g/mol. The van der Waals surface area contributed by atoms with Gasteiger partial charge in [0.2, 0.25) is 0 Å². The molecule has 1 heterocycles. The van der Waals surface area contributed by atoms with Crippen LogP contribution in [-0.2, 0) is 25.4 Å². The van der Waals surface area contributed by atoms with E-state index < -0.39 is 17.9 Å². The van der Waals surface area contributed by atoms with Crippen LogP contribution >= 0.6 is 90.4 Å². The summed E-state index contributed by atoms with van der Waals surface area (Å²) in [7, 11) is 0. The molecule has 3 rings (SSSR count). The van der Waals surface area contributed by atoms with Crippen LogP contribution in [0.5, 0.6) is 17.2 Å². The van der Waals surface area contributed by atoms with Crippen molar-refractivity contribution in [3.8, 4) is 17.2 Å². The highest BCUT2D eigenvalue weighted by Gasteiger charge is 2.25. The minimum absolute atomic E-state index is 0.191. The van der Waals surface area contributed by atoms with E-state index in [4.69, 9.17) is 23.7 Å². The summed E-state index contributed by atoms with van der Waals surface area (Å²) in [5.74, 6) is 2.19. The average Bonchev–Trinajstić information content (AvgIpc) is 3.53. The van der Waals surface area contributed by atoms with E-state index in [1.165, 1.54) is 0 Å². The third-order valence-electron chi connectivity index (χ3n) is 4.43. The highest BCUT2D eigenvalue weighted by atomic mass is 127. The fourth-order valence-corrected chi connectivity index (χ4v) is 7.04. The van der Waals surface area contributed by atoms with Gasteiger partial charge in [0.1, 0.15) is 35.6 Å². The topological polar surface area (TPSA) is 95.6 Å². The Morgan fingerprint density at radius 3 is 2.11 bits per heavy atom. The van der Waals surface area contributed by atoms with Gasteiger partial charge < -0.3 is 23.7 Å². The highest BCUT2D eigenvalue weighted by Crippen LogP contribution is 2.36. The number of rotatable bonds is 10. The zero-order valence-electron chi connectivity index (χ0n) is 19.0. The van der Waals surface area contributed by atoms with Crippen molar-refractivity contribution >= 4 is 103 Å². The van der Waals surface area contributed by atoms with Crippen molar-refractivity contribution in [3.05, 3.63) is 44.1 Å². The van der Waals surface area contributed by atoms with Gasteiger partial charge in [-0.1, -0.05) is 0 Å². The number of amides is 1. The molecule has 1 aliphatic heterocycles. The number of halogens is 4. The maximum absolute atomic E-state index is 12.1. The molecule has 1 amide bonds. The second kappa shape index (κ2) is 12.9. The first-order valence-electron chi connectivity index (χ1n) is 10.4. The fourth-order valence-electron chi connectivity index (χ4n) is 2.87. The predicted molar refractivity (Wildman–Crippen MR) is 163 cm³/mol. The van der Waals surface area contributed by atoms with Gasteiger partial charge in [-0.05, 0) is 141 Å². The smallest absolute Gasteiger partial charge is 0.410 e. The van der Waals surface area contributed by atoms with Gasteiger partial charge in [0.05, 0.1) is 13.7 Å². The molecule has 190 valence electrons. The summed E-state index contributed by atoms with van der Waals surface area (Å²) in [5.41, 5.74) is 0.250. The molecule has 0 saturated carbocycles. The molecule has 2 atom stereocenters. The third kappa shape index (κ3) is 9.48. The second-order valence-electron chi connectivity index (χ2n) is 8.52. The van der Waals surface area contributed by atoms with Crippen molar-refractivity contribution in [2.75, 3.05) is 13.2 Å². The van der Waals surface area contributed by atoms with Gasteiger partial charge in [0, 0.05) is 13.6 Å². The van der Waals surface area contributed by atoms with Gasteiger partial charge in [-0.25, -0.2) is 4.79 Å². The summed E-state index contributed by atoms with van der Waals surface area (Å²) in [5, 5.41) is 2.60. The highest BCUT2D eigenvalue weighted by molar-refractivity contribution is 14.1. The average molecular weight is 933 g/mol. The molecule has 2 aromatic carbocycles. The maximum Gasteiger partial charge on any atom is 0.410 e. The Morgan fingerprint density at radius 1 is 1.09 bits per heavy atom. The predicted octanol–water partition coefficient (Wildman–Crippen LogP) is 6.24. The number of hydrogen-bond donors (Lipinski definition) is 1. The number of benzene rings is 2. The normalized spacial score (nSPS) is 15.7. The molecule has 1 fully saturated rings. The lowest BCUT2D eigenvalue weighted by atomic mass is 10.1. The summed E-state index contributed by atoms with van der Waals surface area (Å²) in [6.07, 6.45) is -1.05. The molecule has 2 aromatic rings. The molecule has 8 nitrogen and oxygen atoms in total. The molecule has 1 saturated heterocycles. The van der Waals surface area contributed by atoms with E-state index in [0.717, 1.165) is 32.2 Å². The van der Waals surface area contributed by atoms with E-state index in [1.807, 2.05) is 24.3 Å². The van der Waals surface area contributed by atoms with Crippen LogP contribution in [0.25, 0.3) is 0 Å². The minimum Gasteiger partial charge on any atom is -0.489 e. The molecule has 35 heavy (non-hydrogen) atoms. The van der Waals surface area contributed by atoms with Crippen LogP contribution < -0.4 is 14.8 Å². The number of hydrogen-bond acceptors (Lipinski definition) is 7. The molecule has 12 heteroatoms. The molecular formula is C23H23I4NO7. The van der Waals surface area contributed by atoms with Gasteiger partial charge >= 0.3 is 6.09 Å². The molecule has 0 spiro atoms. The number of carbonyl (C=O) groups excluding carboxylic acids is 2. The summed E-state index contributed by atoms with van der Waals surface area (Å²) in [6, 6.07) is 7.66. The van der Waals surface area contributed by atoms with Crippen molar-refractivity contribution in [1.29, 1.82) is 0 Å². The quantitative estimate of drug-likeness (QED) is 0.131. The Balaban J connectivity index is 1.71. The first-order chi connectivity index (χ1) is 16.4. The van der Waals surface area contributed by atoms with Crippen LogP contribution in [0.3, 0.4) is 0 Å². The third-order valence-corrected chi connectivity index (χ3v) is 7.95. The van der Waals surface area contributed by atoms with Crippen LogP contribution in [0.4, 0.5) is 4.79 Å². The zero-order chi connectivity index (χ0) is 25.8. The monoisotopic (exact) mass is 933 g/mol. The Kier molecular flexibility index (Phi) is 10.8. The van der Waals surface area contributed by atoms with E-state index in [1.54, 1.807) is 20.8 Å². The van der Waals surface area contributed by atoms with Gasteiger partial charge in [-0.3, -0.25) is 10.1 Å². The summed E-state index contributed by atoms with van der Waals surface area (Å²) in [4.78, 5) is 23.1. The number of alkyl carbamates (subject to hydrolysis) is 1. The van der Waals surface area contributed by atoms with Crippen molar-refractivity contribution in [3.63, 3.8) is 0 Å². The van der Waals surface area contributed by atoms with Crippen molar-refractivity contribution in [2.24, 2.45) is 0 Å². The molecule has 2 unspecified atom stereocenters. The first-order valence-corrected chi connectivity index (χ1v) is 14.7. The van der Waals surface area contributed by atoms with E-state index >= 15 is 0 Å². The van der Waals surface area contributed by atoms with Crippen LogP contribution in [0.2, 0.25) is 0 Å². The largest absolute Gasteiger partial charge is 0.489 e. The number of carbonyl (C=O) groups is 2. The summed E-state index contributed by atoms with van der Waals surface area (Å²) in [6.45, 7) is 6.89. The number of epoxide rings is 1. The molecule has 0 bridgehead atoms. The van der Waals surface area contributed by atoms with Gasteiger partial charge in [-0.15, -0.1) is 0 Å². The van der Waals surface area contributed by atoms with E-state index in [2.05, 4.69) is 95.7 Å². The molecule has 0 aliphatic carbocycles. The van der Waals surface area contributed by atoms with Crippen LogP contribution in [-0.4, -0.2) is 43.7 Å². The SMILES string of the molecule is CC(C)(C)OC(=O)NC(Cc1c(I)cc(Oc2cc(I)c(OCC3CO3)c(I)c2)cc1I)OC=O. The van der Waals surface area contributed by atoms with Crippen molar-refractivity contribution < 1.29 is 33.3 Å². The minimum atomic E-state index is -0.868. The number of ether oxygens (including phenoxy) is 5. The Hall–Kier alpha value is -0.340. The van der Waals surface area contributed by atoms with Gasteiger partial charge in [0.25, 0.3) is 6.47 Å². The first kappa shape index (κ1) is 29.2. The molecule has 0 radical (unpaired) electrons. The Morgan fingerprint density at radius 2 is 1.63 bits per heavy atom. The fraction of sp³-hybridized carbons (Fsp3) is 0.391. The lowest BCUT2D eigenvalue weighted by molar-refractivity contribution is -0.134. The molecule has 1 N–H and O–H groups in total. The van der Waals surface area contributed by atoms with Crippen LogP contribution in [0.15, 0.2) is 24.3 Å². The van der Waals surface area contributed by atoms with E-state index in [0.29, 0.717) is 24.6 Å². The number of nitrogens with one attached hydrogen (secondary N) is 1. The zero-order valence-corrected chi connectivity index (χ0v) is 27.7. The van der Waals surface area contributed by atoms with E-state index in [-0.39, 0.29) is 12.5 Å². The van der Waals surface area contributed by atoms with Gasteiger partial charge in [-0.2, -0.15) is 0 Å². The van der Waals surface area contributed by atoms with Crippen LogP contribution in [0, 0.1) is 14.3 Å². The Bertz CT molecular complexity index is 1040. The van der Waals surface area contributed by atoms with Gasteiger partial charge in [0.15, 0.2) is 6.23 Å². The van der Waals surface area contributed by atoms with E-state index in [9.17, 15) is 9.59 Å². The second-order valence-corrected chi connectivity index (χ2v) is 13.2.